The van der Waals surface area contributed by atoms with Gasteiger partial charge in [-0.25, -0.2) is 0 Å². The Kier molecular flexibility index (Phi) is 8.10. The summed E-state index contributed by atoms with van der Waals surface area (Å²) in [5, 5.41) is 13.3. The van der Waals surface area contributed by atoms with E-state index in [-0.39, 0.29) is 16.8 Å². The number of hydrogen-bond donors (Lipinski definition) is 2. The Morgan fingerprint density at radius 2 is 1.81 bits per heavy atom. The van der Waals surface area contributed by atoms with E-state index in [1.165, 1.54) is 6.07 Å². The lowest BCUT2D eigenvalue weighted by Crippen LogP contribution is -2.36. The van der Waals surface area contributed by atoms with Gasteiger partial charge in [0.15, 0.2) is 0 Å². The SMILES string of the molecule is CCCc1cc2c(cn1)cc(-c1cc(NC(=O)c3cc(N4CCC(O)CC4)cc(C(F)(F)F)c3)ccc1C)c(=O)n2C. The predicted octanol–water partition coefficient (Wildman–Crippen LogP) is 6.09. The molecule has 4 aromatic rings. The standard InChI is InChI=1S/C32H33F3N4O3/c1-4-5-23-17-29-21(18-36-23)14-28(31(42)38(29)3)27-16-24(7-6-19(27)2)37-30(41)20-12-22(32(33,34)35)15-25(13-20)39-10-8-26(40)9-11-39/h6-7,12-18,26,40H,4-5,8-11H2,1-3H3,(H,37,41). The van der Waals surface area contributed by atoms with Crippen molar-refractivity contribution in [2.24, 2.45) is 7.05 Å². The molecule has 220 valence electrons. The van der Waals surface area contributed by atoms with Gasteiger partial charge in [0.1, 0.15) is 0 Å². The second-order valence-corrected chi connectivity index (χ2v) is 10.9. The van der Waals surface area contributed by atoms with E-state index >= 15 is 0 Å². The van der Waals surface area contributed by atoms with Gasteiger partial charge in [-0.15, -0.1) is 0 Å². The Bertz CT molecular complexity index is 1710. The molecule has 7 nitrogen and oxygen atoms in total. The number of nitrogens with zero attached hydrogens (tertiary/aromatic N) is 3. The molecule has 0 bridgehead atoms. The summed E-state index contributed by atoms with van der Waals surface area (Å²) in [4.78, 5) is 33.0. The van der Waals surface area contributed by atoms with E-state index in [4.69, 9.17) is 0 Å². The molecule has 0 unspecified atom stereocenters. The van der Waals surface area contributed by atoms with Crippen LogP contribution >= 0.6 is 0 Å². The largest absolute Gasteiger partial charge is 0.416 e. The predicted molar refractivity (Wildman–Crippen MR) is 158 cm³/mol. The molecule has 3 heterocycles. The molecule has 10 heteroatoms. The van der Waals surface area contributed by atoms with Crippen molar-refractivity contribution in [3.05, 3.63) is 87.5 Å². The lowest BCUT2D eigenvalue weighted by atomic mass is 9.99. The maximum Gasteiger partial charge on any atom is 0.416 e. The molecule has 0 radical (unpaired) electrons. The van der Waals surface area contributed by atoms with E-state index in [2.05, 4.69) is 17.2 Å². The van der Waals surface area contributed by atoms with Crippen LogP contribution in [0.1, 0.15) is 53.4 Å². The van der Waals surface area contributed by atoms with Crippen molar-refractivity contribution in [1.82, 2.24) is 9.55 Å². The van der Waals surface area contributed by atoms with Crippen LogP contribution in [0.5, 0.6) is 0 Å². The topological polar surface area (TPSA) is 87.5 Å². The fourth-order valence-corrected chi connectivity index (χ4v) is 5.40. The lowest BCUT2D eigenvalue weighted by molar-refractivity contribution is -0.137. The molecule has 5 rings (SSSR count). The number of fused-ring (bicyclic) bond motifs is 1. The van der Waals surface area contributed by atoms with Crippen LogP contribution in [0.4, 0.5) is 24.5 Å². The molecule has 1 aliphatic rings. The third kappa shape index (κ3) is 6.04. The van der Waals surface area contributed by atoms with Crippen molar-refractivity contribution >= 4 is 28.2 Å². The van der Waals surface area contributed by atoms with Crippen LogP contribution in [0, 0.1) is 6.92 Å². The zero-order chi connectivity index (χ0) is 30.2. The quantitative estimate of drug-likeness (QED) is 0.289. The third-order valence-electron chi connectivity index (χ3n) is 7.79. The highest BCUT2D eigenvalue weighted by molar-refractivity contribution is 6.05. The number of rotatable bonds is 6. The van der Waals surface area contributed by atoms with Crippen LogP contribution in [0.15, 0.2) is 59.5 Å². The van der Waals surface area contributed by atoms with Gasteiger partial charge in [-0.1, -0.05) is 19.4 Å². The van der Waals surface area contributed by atoms with Crippen LogP contribution in [-0.2, 0) is 19.6 Å². The number of benzene rings is 2. The van der Waals surface area contributed by atoms with Gasteiger partial charge in [-0.2, -0.15) is 13.2 Å². The highest BCUT2D eigenvalue weighted by atomic mass is 19.4. The lowest BCUT2D eigenvalue weighted by Gasteiger charge is -2.32. The second kappa shape index (κ2) is 11.6. The maximum atomic E-state index is 13.8. The minimum Gasteiger partial charge on any atom is -0.393 e. The summed E-state index contributed by atoms with van der Waals surface area (Å²) in [6, 6.07) is 12.1. The van der Waals surface area contributed by atoms with Crippen LogP contribution < -0.4 is 15.8 Å². The van der Waals surface area contributed by atoms with Crippen LogP contribution in [0.25, 0.3) is 22.0 Å². The number of carbonyl (C=O) groups excluding carboxylic acids is 1. The van der Waals surface area contributed by atoms with Gasteiger partial charge in [-0.3, -0.25) is 14.6 Å². The molecule has 0 saturated carbocycles. The van der Waals surface area contributed by atoms with Crippen molar-refractivity contribution < 1.29 is 23.1 Å². The summed E-state index contributed by atoms with van der Waals surface area (Å²) < 4.78 is 42.9. The molecule has 0 spiro atoms. The number of aliphatic hydroxyl groups is 1. The fraction of sp³-hybridized carbons (Fsp3) is 0.344. The smallest absolute Gasteiger partial charge is 0.393 e. The molecule has 2 aromatic carbocycles. The van der Waals surface area contributed by atoms with E-state index in [1.54, 1.807) is 47.0 Å². The molecule has 2 aromatic heterocycles. The average molecular weight is 579 g/mol. The number of aromatic nitrogens is 2. The first-order valence-electron chi connectivity index (χ1n) is 14.0. The van der Waals surface area contributed by atoms with Gasteiger partial charge >= 0.3 is 6.18 Å². The minimum absolute atomic E-state index is 0.136. The van der Waals surface area contributed by atoms with E-state index in [1.807, 2.05) is 13.0 Å². The Morgan fingerprint density at radius 3 is 2.50 bits per heavy atom. The molecular weight excluding hydrogens is 545 g/mol. The van der Waals surface area contributed by atoms with E-state index in [9.17, 15) is 27.9 Å². The number of nitrogens with one attached hydrogen (secondary N) is 1. The molecule has 2 N–H and O–H groups in total. The van der Waals surface area contributed by atoms with Crippen molar-refractivity contribution in [3.63, 3.8) is 0 Å². The summed E-state index contributed by atoms with van der Waals surface area (Å²) in [5.74, 6) is -0.701. The molecule has 1 fully saturated rings. The molecule has 42 heavy (non-hydrogen) atoms. The van der Waals surface area contributed by atoms with Crippen LogP contribution in [0.3, 0.4) is 0 Å². The Balaban J connectivity index is 1.48. The van der Waals surface area contributed by atoms with E-state index in [0.717, 1.165) is 47.1 Å². The number of aliphatic hydroxyl groups excluding tert-OH is 1. The highest BCUT2D eigenvalue weighted by Crippen LogP contribution is 2.34. The maximum absolute atomic E-state index is 13.8. The van der Waals surface area contributed by atoms with Crippen molar-refractivity contribution in [1.29, 1.82) is 0 Å². The molecule has 0 aliphatic carbocycles. The van der Waals surface area contributed by atoms with Gasteiger partial charge in [0, 0.05) is 59.9 Å². The van der Waals surface area contributed by atoms with Crippen molar-refractivity contribution in [2.45, 2.75) is 51.8 Å². The van der Waals surface area contributed by atoms with Crippen molar-refractivity contribution in [3.8, 4) is 11.1 Å². The molecule has 0 atom stereocenters. The number of amides is 1. The highest BCUT2D eigenvalue weighted by Gasteiger charge is 2.33. The van der Waals surface area contributed by atoms with Gasteiger partial charge in [0.05, 0.1) is 17.2 Å². The summed E-state index contributed by atoms with van der Waals surface area (Å²) in [6.45, 7) is 4.69. The number of piperidine rings is 1. The Hall–Kier alpha value is -4.18. The molecule has 1 saturated heterocycles. The molecule has 1 aliphatic heterocycles. The number of pyridine rings is 2. The number of anilines is 2. The number of alkyl halides is 3. The monoisotopic (exact) mass is 578 g/mol. The van der Waals surface area contributed by atoms with Crippen LogP contribution in [0.2, 0.25) is 0 Å². The van der Waals surface area contributed by atoms with Crippen molar-refractivity contribution in [2.75, 3.05) is 23.3 Å². The van der Waals surface area contributed by atoms with Crippen LogP contribution in [-0.4, -0.2) is 39.8 Å². The zero-order valence-electron chi connectivity index (χ0n) is 23.8. The van der Waals surface area contributed by atoms with E-state index in [0.29, 0.717) is 42.7 Å². The van der Waals surface area contributed by atoms with E-state index < -0.39 is 23.8 Å². The number of aryl methyl sites for hydroxylation is 3. The second-order valence-electron chi connectivity index (χ2n) is 10.9. The zero-order valence-corrected chi connectivity index (χ0v) is 23.8. The first-order chi connectivity index (χ1) is 19.9. The summed E-state index contributed by atoms with van der Waals surface area (Å²) in [5.41, 5.74) is 2.87. The first-order valence-corrected chi connectivity index (χ1v) is 14.0. The number of halogens is 3. The summed E-state index contributed by atoms with van der Waals surface area (Å²) in [6.07, 6.45) is -0.756. The molecular formula is C32H33F3N4O3. The van der Waals surface area contributed by atoms with Gasteiger partial charge in [0.25, 0.3) is 11.5 Å². The average Bonchev–Trinajstić information content (AvgIpc) is 2.96. The summed E-state index contributed by atoms with van der Waals surface area (Å²) in [7, 11) is 1.71. The normalized spacial score (nSPS) is 14.4. The third-order valence-corrected chi connectivity index (χ3v) is 7.79. The Labute approximate surface area is 241 Å². The minimum atomic E-state index is -4.64. The number of hydrogen-bond acceptors (Lipinski definition) is 5. The van der Waals surface area contributed by atoms with Gasteiger partial charge < -0.3 is 19.9 Å². The van der Waals surface area contributed by atoms with Gasteiger partial charge in [-0.05, 0) is 79.8 Å². The number of carbonyl (C=O) groups is 1. The first kappa shape index (κ1) is 29.3. The Morgan fingerprint density at radius 1 is 1.07 bits per heavy atom. The molecule has 1 amide bonds. The van der Waals surface area contributed by atoms with Gasteiger partial charge in [0.2, 0.25) is 0 Å². The fourth-order valence-electron chi connectivity index (χ4n) is 5.40. The summed E-state index contributed by atoms with van der Waals surface area (Å²) >= 11 is 0.